The summed E-state index contributed by atoms with van der Waals surface area (Å²) in [5, 5.41) is 19.0. The van der Waals surface area contributed by atoms with Gasteiger partial charge in [0.05, 0.1) is 4.92 Å². The number of allylic oxidation sites excluding steroid dienone is 2. The minimum Gasteiger partial charge on any atom is -0.502 e. The van der Waals surface area contributed by atoms with Crippen LogP contribution in [0.15, 0.2) is 23.6 Å². The average molecular weight is 141 g/mol. The van der Waals surface area contributed by atoms with Gasteiger partial charge in [0.25, 0.3) is 0 Å². The molecule has 0 bridgehead atoms. The van der Waals surface area contributed by atoms with Crippen molar-refractivity contribution in [3.63, 3.8) is 0 Å². The van der Waals surface area contributed by atoms with E-state index in [2.05, 4.69) is 0 Å². The van der Waals surface area contributed by atoms with Crippen LogP contribution in [0.4, 0.5) is 0 Å². The van der Waals surface area contributed by atoms with Gasteiger partial charge in [-0.05, 0) is 25.0 Å². The van der Waals surface area contributed by atoms with E-state index in [4.69, 9.17) is 5.11 Å². The molecule has 0 aliphatic heterocycles. The largest absolute Gasteiger partial charge is 0.502 e. The summed E-state index contributed by atoms with van der Waals surface area (Å²) < 4.78 is 0. The molecule has 4 heteroatoms. The fourth-order valence-corrected chi connectivity index (χ4v) is 0.817. The van der Waals surface area contributed by atoms with Crippen LogP contribution in [0.2, 0.25) is 0 Å². The molecular weight excluding hydrogens is 134 g/mol. The van der Waals surface area contributed by atoms with Crippen molar-refractivity contribution in [3.8, 4) is 0 Å². The van der Waals surface area contributed by atoms with Crippen molar-refractivity contribution in [1.82, 2.24) is 0 Å². The highest BCUT2D eigenvalue weighted by Crippen LogP contribution is 2.15. The fourth-order valence-electron chi connectivity index (χ4n) is 0.817. The van der Waals surface area contributed by atoms with Crippen LogP contribution in [0.1, 0.15) is 12.8 Å². The van der Waals surface area contributed by atoms with E-state index in [1.807, 2.05) is 0 Å². The molecule has 0 aromatic rings. The third-order valence-electron chi connectivity index (χ3n) is 1.30. The second-order valence-corrected chi connectivity index (χ2v) is 2.01. The molecule has 0 heterocycles. The second kappa shape index (κ2) is 2.51. The van der Waals surface area contributed by atoms with Crippen molar-refractivity contribution in [2.75, 3.05) is 0 Å². The number of nitrogens with zero attached hydrogens (tertiary/aromatic N) is 1. The van der Waals surface area contributed by atoms with Crippen LogP contribution in [0, 0.1) is 10.1 Å². The smallest absolute Gasteiger partial charge is 0.306 e. The number of aliphatic hydroxyl groups excluding tert-OH is 1. The van der Waals surface area contributed by atoms with Gasteiger partial charge in [0.15, 0.2) is 5.76 Å². The van der Waals surface area contributed by atoms with Gasteiger partial charge in [0.1, 0.15) is 0 Å². The third-order valence-corrected chi connectivity index (χ3v) is 1.30. The minimum absolute atomic E-state index is 0.175. The van der Waals surface area contributed by atoms with Gasteiger partial charge in [-0.15, -0.1) is 0 Å². The lowest BCUT2D eigenvalue weighted by atomic mass is 10.1. The van der Waals surface area contributed by atoms with Crippen molar-refractivity contribution >= 4 is 0 Å². The van der Waals surface area contributed by atoms with Crippen molar-refractivity contribution in [3.05, 3.63) is 33.7 Å². The van der Waals surface area contributed by atoms with Gasteiger partial charge in [0, 0.05) is 0 Å². The Kier molecular flexibility index (Phi) is 1.71. The van der Waals surface area contributed by atoms with E-state index < -0.39 is 4.92 Å². The Morgan fingerprint density at radius 2 is 2.10 bits per heavy atom. The summed E-state index contributed by atoms with van der Waals surface area (Å²) in [4.78, 5) is 9.52. The van der Waals surface area contributed by atoms with Crippen LogP contribution in [-0.2, 0) is 0 Å². The van der Waals surface area contributed by atoms with Crippen LogP contribution in [0.25, 0.3) is 0 Å². The zero-order chi connectivity index (χ0) is 7.56. The fraction of sp³-hybridized carbons (Fsp3) is 0.333. The third kappa shape index (κ3) is 1.15. The van der Waals surface area contributed by atoms with E-state index in [-0.39, 0.29) is 11.5 Å². The number of hydrogen-bond acceptors (Lipinski definition) is 3. The van der Waals surface area contributed by atoms with Crippen molar-refractivity contribution in [1.29, 1.82) is 0 Å². The normalized spacial score (nSPS) is 17.6. The van der Waals surface area contributed by atoms with E-state index in [9.17, 15) is 10.1 Å². The van der Waals surface area contributed by atoms with Gasteiger partial charge in [-0.1, -0.05) is 0 Å². The predicted octanol–water partition coefficient (Wildman–Crippen LogP) is 1.38. The molecule has 1 aliphatic carbocycles. The highest BCUT2D eigenvalue weighted by Gasteiger charge is 2.17. The summed E-state index contributed by atoms with van der Waals surface area (Å²) in [5.41, 5.74) is -0.175. The SMILES string of the molecule is O=[N+]([O-])C1=CCCC=C1O. The van der Waals surface area contributed by atoms with Gasteiger partial charge in [-0.3, -0.25) is 10.1 Å². The standard InChI is InChI=1S/C6H7NO3/c8-6-4-2-1-3-5(6)7(9)10/h3-4,8H,1-2H2. The molecule has 54 valence electrons. The second-order valence-electron chi connectivity index (χ2n) is 2.01. The molecule has 1 N–H and O–H groups in total. The van der Waals surface area contributed by atoms with Crippen LogP contribution >= 0.6 is 0 Å². The molecule has 0 unspecified atom stereocenters. The molecule has 10 heavy (non-hydrogen) atoms. The van der Waals surface area contributed by atoms with E-state index in [0.717, 1.165) is 0 Å². The zero-order valence-electron chi connectivity index (χ0n) is 5.28. The first kappa shape index (κ1) is 6.80. The first-order valence-corrected chi connectivity index (χ1v) is 2.96. The lowest BCUT2D eigenvalue weighted by Gasteiger charge is -2.01. The Morgan fingerprint density at radius 3 is 2.50 bits per heavy atom. The van der Waals surface area contributed by atoms with Gasteiger partial charge < -0.3 is 5.11 Å². The van der Waals surface area contributed by atoms with Crippen LogP contribution in [0.5, 0.6) is 0 Å². The molecule has 0 amide bonds. The highest BCUT2D eigenvalue weighted by atomic mass is 16.6. The molecule has 0 spiro atoms. The van der Waals surface area contributed by atoms with E-state index >= 15 is 0 Å². The minimum atomic E-state index is -0.578. The molecule has 1 aliphatic rings. The van der Waals surface area contributed by atoms with E-state index in [1.165, 1.54) is 12.2 Å². The molecule has 0 saturated heterocycles. The molecule has 0 aromatic heterocycles. The van der Waals surface area contributed by atoms with Crippen LogP contribution in [0.3, 0.4) is 0 Å². The number of aliphatic hydroxyl groups is 1. The van der Waals surface area contributed by atoms with Crippen molar-refractivity contribution in [2.45, 2.75) is 12.8 Å². The van der Waals surface area contributed by atoms with Gasteiger partial charge >= 0.3 is 5.70 Å². The topological polar surface area (TPSA) is 63.4 Å². The number of rotatable bonds is 1. The van der Waals surface area contributed by atoms with Crippen molar-refractivity contribution in [2.24, 2.45) is 0 Å². The Labute approximate surface area is 57.6 Å². The Balaban J connectivity index is 2.84. The van der Waals surface area contributed by atoms with E-state index in [0.29, 0.717) is 12.8 Å². The Hall–Kier alpha value is -1.32. The summed E-state index contributed by atoms with van der Waals surface area (Å²) in [6.45, 7) is 0. The number of nitro groups is 1. The summed E-state index contributed by atoms with van der Waals surface area (Å²) in [5.74, 6) is -0.212. The maximum atomic E-state index is 10.1. The van der Waals surface area contributed by atoms with Gasteiger partial charge in [0.2, 0.25) is 0 Å². The Morgan fingerprint density at radius 1 is 1.50 bits per heavy atom. The average Bonchev–Trinajstić information content (AvgIpc) is 1.88. The zero-order valence-corrected chi connectivity index (χ0v) is 5.28. The van der Waals surface area contributed by atoms with Crippen LogP contribution in [-0.4, -0.2) is 10.0 Å². The lowest BCUT2D eigenvalue weighted by Crippen LogP contribution is -2.04. The molecule has 0 aromatic carbocycles. The highest BCUT2D eigenvalue weighted by molar-refractivity contribution is 5.21. The number of hydrogen-bond donors (Lipinski definition) is 1. The molecule has 0 fully saturated rings. The van der Waals surface area contributed by atoms with E-state index in [1.54, 1.807) is 0 Å². The first-order chi connectivity index (χ1) is 4.72. The first-order valence-electron chi connectivity index (χ1n) is 2.96. The van der Waals surface area contributed by atoms with Crippen LogP contribution < -0.4 is 0 Å². The monoisotopic (exact) mass is 141 g/mol. The van der Waals surface area contributed by atoms with Gasteiger partial charge in [-0.25, -0.2) is 0 Å². The van der Waals surface area contributed by atoms with Gasteiger partial charge in [-0.2, -0.15) is 0 Å². The Bertz CT molecular complexity index is 217. The molecule has 4 nitrogen and oxygen atoms in total. The molecule has 1 rings (SSSR count). The lowest BCUT2D eigenvalue weighted by molar-refractivity contribution is -0.424. The predicted molar refractivity (Wildman–Crippen MR) is 35.0 cm³/mol. The maximum absolute atomic E-state index is 10.1. The summed E-state index contributed by atoms with van der Waals surface area (Å²) in [6, 6.07) is 0. The summed E-state index contributed by atoms with van der Waals surface area (Å²) >= 11 is 0. The molecular formula is C6H7NO3. The maximum Gasteiger partial charge on any atom is 0.306 e. The molecule has 0 atom stereocenters. The van der Waals surface area contributed by atoms with Crippen molar-refractivity contribution < 1.29 is 10.0 Å². The quantitative estimate of drug-likeness (QED) is 0.443. The molecule has 0 radical (unpaired) electrons. The summed E-state index contributed by atoms with van der Waals surface area (Å²) in [7, 11) is 0. The summed E-state index contributed by atoms with van der Waals surface area (Å²) in [6.07, 6.45) is 4.21. The molecule has 0 saturated carbocycles.